The van der Waals surface area contributed by atoms with Crippen LogP contribution in [0.1, 0.15) is 22.0 Å². The molecular weight excluding hydrogens is 400 g/mol. The average Bonchev–Trinajstić information content (AvgIpc) is 2.83. The van der Waals surface area contributed by atoms with Crippen molar-refractivity contribution >= 4 is 16.8 Å². The number of nitrogens with zero attached hydrogens (tertiary/aromatic N) is 3. The molecule has 162 valence electrons. The molecule has 0 spiro atoms. The molecule has 0 aliphatic carbocycles. The number of amides is 1. The Morgan fingerprint density at radius 3 is 2.56 bits per heavy atom. The Morgan fingerprint density at radius 2 is 1.81 bits per heavy atom. The van der Waals surface area contributed by atoms with Gasteiger partial charge in [-0.3, -0.25) is 9.78 Å². The molecule has 0 aliphatic heterocycles. The van der Waals surface area contributed by atoms with Crippen LogP contribution >= 0.6 is 0 Å². The number of fused-ring (bicyclic) bond motifs is 1. The van der Waals surface area contributed by atoms with Crippen LogP contribution in [0.5, 0.6) is 5.75 Å². The highest BCUT2D eigenvalue weighted by atomic mass is 16.5. The largest absolute Gasteiger partial charge is 0.497 e. The first kappa shape index (κ1) is 21.5. The number of aromatic nitrogens is 2. The van der Waals surface area contributed by atoms with Crippen molar-refractivity contribution in [3.05, 3.63) is 90.1 Å². The van der Waals surface area contributed by atoms with Crippen molar-refractivity contribution in [1.29, 1.82) is 0 Å². The summed E-state index contributed by atoms with van der Waals surface area (Å²) in [6.45, 7) is 0.453. The van der Waals surface area contributed by atoms with Crippen molar-refractivity contribution in [1.82, 2.24) is 20.2 Å². The molecule has 2 heterocycles. The van der Waals surface area contributed by atoms with Crippen LogP contribution in [-0.4, -0.2) is 48.5 Å². The summed E-state index contributed by atoms with van der Waals surface area (Å²) in [7, 11) is 5.65. The Bertz CT molecular complexity index is 1220. The fourth-order valence-electron chi connectivity index (χ4n) is 3.74. The second-order valence-corrected chi connectivity index (χ2v) is 7.75. The van der Waals surface area contributed by atoms with E-state index in [1.807, 2.05) is 86.9 Å². The third-order valence-corrected chi connectivity index (χ3v) is 5.45. The van der Waals surface area contributed by atoms with Gasteiger partial charge < -0.3 is 15.0 Å². The molecule has 0 radical (unpaired) electrons. The molecule has 2 aromatic carbocycles. The minimum absolute atomic E-state index is 0.00240. The number of nitrogens with one attached hydrogen (secondary N) is 1. The molecule has 0 bridgehead atoms. The van der Waals surface area contributed by atoms with Gasteiger partial charge in [0.25, 0.3) is 5.91 Å². The Kier molecular flexibility index (Phi) is 6.42. The summed E-state index contributed by atoms with van der Waals surface area (Å²) >= 11 is 0. The Balaban J connectivity index is 1.64. The monoisotopic (exact) mass is 426 g/mol. The highest BCUT2D eigenvalue weighted by molar-refractivity contribution is 6.07. The second-order valence-electron chi connectivity index (χ2n) is 7.75. The molecule has 4 aromatic rings. The molecule has 6 heteroatoms. The third kappa shape index (κ3) is 4.60. The van der Waals surface area contributed by atoms with Gasteiger partial charge in [-0.1, -0.05) is 36.4 Å². The molecule has 32 heavy (non-hydrogen) atoms. The molecule has 1 amide bonds. The van der Waals surface area contributed by atoms with E-state index in [1.165, 1.54) is 0 Å². The van der Waals surface area contributed by atoms with Crippen molar-refractivity contribution in [3.8, 4) is 17.1 Å². The zero-order valence-corrected chi connectivity index (χ0v) is 18.4. The van der Waals surface area contributed by atoms with Crippen LogP contribution in [0, 0.1) is 0 Å². The highest BCUT2D eigenvalue weighted by Gasteiger charge is 2.19. The minimum atomic E-state index is -0.143. The van der Waals surface area contributed by atoms with Gasteiger partial charge >= 0.3 is 0 Å². The standard InChI is InChI=1S/C26H26N4O2/c1-30(2)25(18-9-8-10-19(15-18)32-3)17-28-26(31)21-16-24(23-13-6-7-14-27-23)29-22-12-5-4-11-20(21)22/h4-16,25H,17H2,1-3H3,(H,28,31). The molecule has 2 aromatic heterocycles. The van der Waals surface area contributed by atoms with Crippen LogP contribution in [-0.2, 0) is 0 Å². The number of carbonyl (C=O) groups is 1. The van der Waals surface area contributed by atoms with E-state index in [0.717, 1.165) is 27.9 Å². The maximum absolute atomic E-state index is 13.3. The summed E-state index contributed by atoms with van der Waals surface area (Å²) in [5.74, 6) is 0.649. The van der Waals surface area contributed by atoms with Gasteiger partial charge in [-0.05, 0) is 56.1 Å². The molecule has 0 saturated carbocycles. The van der Waals surface area contributed by atoms with Crippen molar-refractivity contribution in [2.45, 2.75) is 6.04 Å². The summed E-state index contributed by atoms with van der Waals surface area (Å²) in [5, 5.41) is 3.93. The van der Waals surface area contributed by atoms with Gasteiger partial charge in [0.2, 0.25) is 0 Å². The first-order chi connectivity index (χ1) is 15.6. The summed E-state index contributed by atoms with van der Waals surface area (Å²) in [6, 6.07) is 23.1. The molecule has 6 nitrogen and oxygen atoms in total. The van der Waals surface area contributed by atoms with Crippen molar-refractivity contribution in [2.75, 3.05) is 27.7 Å². The molecule has 0 aliphatic rings. The number of methoxy groups -OCH3 is 1. The van der Waals surface area contributed by atoms with Gasteiger partial charge in [0.15, 0.2) is 0 Å². The normalized spacial score (nSPS) is 12.0. The van der Waals surface area contributed by atoms with Crippen LogP contribution in [0.4, 0.5) is 0 Å². The van der Waals surface area contributed by atoms with E-state index in [0.29, 0.717) is 17.8 Å². The molecule has 4 rings (SSSR count). The fourth-order valence-corrected chi connectivity index (χ4v) is 3.74. The van der Waals surface area contributed by atoms with Gasteiger partial charge in [0.1, 0.15) is 5.75 Å². The third-order valence-electron chi connectivity index (χ3n) is 5.45. The molecule has 0 saturated heterocycles. The highest BCUT2D eigenvalue weighted by Crippen LogP contribution is 2.25. The molecular formula is C26H26N4O2. The van der Waals surface area contributed by atoms with Gasteiger partial charge in [-0.2, -0.15) is 0 Å². The smallest absolute Gasteiger partial charge is 0.252 e. The predicted octanol–water partition coefficient (Wildman–Crippen LogP) is 4.34. The molecule has 1 atom stereocenters. The van der Waals surface area contributed by atoms with E-state index in [-0.39, 0.29) is 11.9 Å². The number of carbonyl (C=O) groups excluding carboxylic acids is 1. The maximum Gasteiger partial charge on any atom is 0.252 e. The number of pyridine rings is 2. The van der Waals surface area contributed by atoms with E-state index in [4.69, 9.17) is 9.72 Å². The zero-order valence-electron chi connectivity index (χ0n) is 18.4. The van der Waals surface area contributed by atoms with Crippen LogP contribution in [0.25, 0.3) is 22.3 Å². The minimum Gasteiger partial charge on any atom is -0.497 e. The average molecular weight is 427 g/mol. The van der Waals surface area contributed by atoms with E-state index in [9.17, 15) is 4.79 Å². The van der Waals surface area contributed by atoms with E-state index >= 15 is 0 Å². The van der Waals surface area contributed by atoms with Crippen molar-refractivity contribution in [3.63, 3.8) is 0 Å². The van der Waals surface area contributed by atoms with Crippen LogP contribution in [0.2, 0.25) is 0 Å². The number of hydrogen-bond acceptors (Lipinski definition) is 5. The first-order valence-electron chi connectivity index (χ1n) is 10.5. The number of ether oxygens (including phenoxy) is 1. The van der Waals surface area contributed by atoms with E-state index in [1.54, 1.807) is 13.3 Å². The van der Waals surface area contributed by atoms with Gasteiger partial charge in [-0.15, -0.1) is 0 Å². The summed E-state index contributed by atoms with van der Waals surface area (Å²) in [6.07, 6.45) is 1.72. The predicted molar refractivity (Wildman–Crippen MR) is 127 cm³/mol. The van der Waals surface area contributed by atoms with Crippen molar-refractivity contribution < 1.29 is 9.53 Å². The van der Waals surface area contributed by atoms with E-state index in [2.05, 4.69) is 15.2 Å². The lowest BCUT2D eigenvalue weighted by atomic mass is 10.0. The lowest BCUT2D eigenvalue weighted by molar-refractivity contribution is 0.0943. The number of rotatable bonds is 7. The van der Waals surface area contributed by atoms with Gasteiger partial charge in [0.05, 0.1) is 35.6 Å². The Morgan fingerprint density at radius 1 is 1.00 bits per heavy atom. The van der Waals surface area contributed by atoms with Gasteiger partial charge in [0, 0.05) is 18.1 Å². The molecule has 1 N–H and O–H groups in total. The quantitative estimate of drug-likeness (QED) is 0.476. The fraction of sp³-hybridized carbons (Fsp3) is 0.192. The Labute approximate surface area is 187 Å². The van der Waals surface area contributed by atoms with Crippen molar-refractivity contribution in [2.24, 2.45) is 0 Å². The topological polar surface area (TPSA) is 67.3 Å². The van der Waals surface area contributed by atoms with Crippen LogP contribution < -0.4 is 10.1 Å². The molecule has 1 unspecified atom stereocenters. The molecule has 0 fully saturated rings. The SMILES string of the molecule is COc1cccc(C(CNC(=O)c2cc(-c3ccccn3)nc3ccccc23)N(C)C)c1. The summed E-state index contributed by atoms with van der Waals surface area (Å²) < 4.78 is 5.36. The maximum atomic E-state index is 13.3. The van der Waals surface area contributed by atoms with Gasteiger partial charge in [-0.25, -0.2) is 4.98 Å². The van der Waals surface area contributed by atoms with Crippen LogP contribution in [0.15, 0.2) is 79.0 Å². The Hall–Kier alpha value is -3.77. The zero-order chi connectivity index (χ0) is 22.5. The number of benzene rings is 2. The lowest BCUT2D eigenvalue weighted by Gasteiger charge is -2.25. The summed E-state index contributed by atoms with van der Waals surface area (Å²) in [4.78, 5) is 24.5. The first-order valence-corrected chi connectivity index (χ1v) is 10.5. The number of para-hydroxylation sites is 1. The number of hydrogen-bond donors (Lipinski definition) is 1. The number of likely N-dealkylation sites (N-methyl/N-ethyl adjacent to an activating group) is 1. The second kappa shape index (κ2) is 9.58. The van der Waals surface area contributed by atoms with Crippen LogP contribution in [0.3, 0.4) is 0 Å². The lowest BCUT2D eigenvalue weighted by Crippen LogP contribution is -2.34. The van der Waals surface area contributed by atoms with E-state index < -0.39 is 0 Å². The summed E-state index contributed by atoms with van der Waals surface area (Å²) in [5.41, 5.74) is 3.82.